The third-order valence-corrected chi connectivity index (χ3v) is 2.35. The predicted molar refractivity (Wildman–Crippen MR) is 60.1 cm³/mol. The number of rotatable bonds is 5. The van der Waals surface area contributed by atoms with Crippen LogP contribution in [0, 0.1) is 0 Å². The summed E-state index contributed by atoms with van der Waals surface area (Å²) in [7, 11) is 1.71. The van der Waals surface area contributed by atoms with Crippen molar-refractivity contribution in [2.45, 2.75) is 19.6 Å². The zero-order valence-corrected chi connectivity index (χ0v) is 10.0. The average molecular weight is 259 g/mol. The van der Waals surface area contributed by atoms with E-state index in [4.69, 9.17) is 4.74 Å². The maximum absolute atomic E-state index is 5.12. The molecule has 0 aliphatic carbocycles. The minimum absolute atomic E-state index is 0.238. The quantitative estimate of drug-likeness (QED) is 0.821. The summed E-state index contributed by atoms with van der Waals surface area (Å²) in [6, 6.07) is 5.89. The Bertz CT molecular complexity index is 281. The standard InChI is InChI=1S/C10H15BrN2O/c1-8(14-2)6-12-7-9-4-3-5-10(11)13-9/h3-5,8,12H,6-7H2,1-2H3. The fourth-order valence-electron chi connectivity index (χ4n) is 1.04. The van der Waals surface area contributed by atoms with E-state index in [1.807, 2.05) is 25.1 Å². The highest BCUT2D eigenvalue weighted by molar-refractivity contribution is 9.10. The summed E-state index contributed by atoms with van der Waals surface area (Å²) in [6.07, 6.45) is 0.238. The van der Waals surface area contributed by atoms with Crippen LogP contribution in [0.5, 0.6) is 0 Å². The molecule has 0 fully saturated rings. The molecule has 4 heteroatoms. The molecule has 0 saturated carbocycles. The van der Waals surface area contributed by atoms with Gasteiger partial charge in [-0.3, -0.25) is 0 Å². The van der Waals surface area contributed by atoms with Crippen molar-refractivity contribution in [1.29, 1.82) is 0 Å². The number of hydrogen-bond donors (Lipinski definition) is 1. The Morgan fingerprint density at radius 3 is 3.00 bits per heavy atom. The molecule has 0 aliphatic heterocycles. The van der Waals surface area contributed by atoms with E-state index in [9.17, 15) is 0 Å². The predicted octanol–water partition coefficient (Wildman–Crippen LogP) is 1.97. The molecule has 0 radical (unpaired) electrons. The van der Waals surface area contributed by atoms with Crippen molar-refractivity contribution in [3.63, 3.8) is 0 Å². The van der Waals surface area contributed by atoms with Gasteiger partial charge in [0.2, 0.25) is 0 Å². The summed E-state index contributed by atoms with van der Waals surface area (Å²) >= 11 is 3.33. The normalized spacial score (nSPS) is 12.8. The van der Waals surface area contributed by atoms with Gasteiger partial charge in [-0.2, -0.15) is 0 Å². The Morgan fingerprint density at radius 2 is 2.36 bits per heavy atom. The van der Waals surface area contributed by atoms with Gasteiger partial charge in [0.25, 0.3) is 0 Å². The van der Waals surface area contributed by atoms with Gasteiger partial charge in [0.1, 0.15) is 4.60 Å². The smallest absolute Gasteiger partial charge is 0.106 e. The lowest BCUT2D eigenvalue weighted by Gasteiger charge is -2.10. The highest BCUT2D eigenvalue weighted by atomic mass is 79.9. The molecule has 0 aromatic carbocycles. The molecule has 78 valence electrons. The van der Waals surface area contributed by atoms with E-state index in [0.29, 0.717) is 0 Å². The lowest BCUT2D eigenvalue weighted by molar-refractivity contribution is 0.117. The third kappa shape index (κ3) is 4.17. The van der Waals surface area contributed by atoms with Crippen LogP contribution in [0.25, 0.3) is 0 Å². The maximum Gasteiger partial charge on any atom is 0.106 e. The molecule has 3 nitrogen and oxygen atoms in total. The molecule has 1 unspecified atom stereocenters. The number of nitrogens with one attached hydrogen (secondary N) is 1. The second-order valence-electron chi connectivity index (χ2n) is 3.13. The van der Waals surface area contributed by atoms with E-state index < -0.39 is 0 Å². The summed E-state index contributed by atoms with van der Waals surface area (Å²) in [5.74, 6) is 0. The van der Waals surface area contributed by atoms with Gasteiger partial charge in [0.15, 0.2) is 0 Å². The van der Waals surface area contributed by atoms with Gasteiger partial charge in [-0.15, -0.1) is 0 Å². The molecule has 1 N–H and O–H groups in total. The van der Waals surface area contributed by atoms with E-state index in [2.05, 4.69) is 26.2 Å². The van der Waals surface area contributed by atoms with Crippen LogP contribution >= 0.6 is 15.9 Å². The Hall–Kier alpha value is -0.450. The second kappa shape index (κ2) is 6.11. The molecule has 1 rings (SSSR count). The maximum atomic E-state index is 5.12. The van der Waals surface area contributed by atoms with E-state index in [1.165, 1.54) is 0 Å². The van der Waals surface area contributed by atoms with Gasteiger partial charge < -0.3 is 10.1 Å². The fraction of sp³-hybridized carbons (Fsp3) is 0.500. The first-order valence-corrected chi connectivity index (χ1v) is 5.36. The number of pyridine rings is 1. The Balaban J connectivity index is 2.31. The average Bonchev–Trinajstić information content (AvgIpc) is 2.17. The number of methoxy groups -OCH3 is 1. The van der Waals surface area contributed by atoms with Gasteiger partial charge in [-0.05, 0) is 35.0 Å². The first-order chi connectivity index (χ1) is 6.72. The summed E-state index contributed by atoms with van der Waals surface area (Å²) in [5.41, 5.74) is 1.03. The molecule has 1 aromatic rings. The van der Waals surface area contributed by atoms with E-state index in [0.717, 1.165) is 23.4 Å². The minimum Gasteiger partial charge on any atom is -0.380 e. The second-order valence-corrected chi connectivity index (χ2v) is 3.94. The first kappa shape index (κ1) is 11.6. The van der Waals surface area contributed by atoms with E-state index >= 15 is 0 Å². The largest absolute Gasteiger partial charge is 0.380 e. The molecule has 0 aliphatic rings. The zero-order valence-electron chi connectivity index (χ0n) is 8.46. The van der Waals surface area contributed by atoms with E-state index in [-0.39, 0.29) is 6.10 Å². The van der Waals surface area contributed by atoms with Crippen LogP contribution in [0.4, 0.5) is 0 Å². The molecule has 1 heterocycles. The number of hydrogen-bond acceptors (Lipinski definition) is 3. The van der Waals surface area contributed by atoms with Crippen LogP contribution in [0.15, 0.2) is 22.8 Å². The van der Waals surface area contributed by atoms with Crippen LogP contribution < -0.4 is 5.32 Å². The Kier molecular flexibility index (Phi) is 5.07. The Morgan fingerprint density at radius 1 is 1.57 bits per heavy atom. The number of halogens is 1. The van der Waals surface area contributed by atoms with Crippen molar-refractivity contribution < 1.29 is 4.74 Å². The van der Waals surface area contributed by atoms with Crippen LogP contribution in [0.2, 0.25) is 0 Å². The molecular formula is C10H15BrN2O. The van der Waals surface area contributed by atoms with Gasteiger partial charge in [-0.25, -0.2) is 4.98 Å². The van der Waals surface area contributed by atoms with Gasteiger partial charge in [0.05, 0.1) is 11.8 Å². The first-order valence-electron chi connectivity index (χ1n) is 4.57. The number of ether oxygens (including phenoxy) is 1. The topological polar surface area (TPSA) is 34.1 Å². The van der Waals surface area contributed by atoms with Crippen LogP contribution in [-0.2, 0) is 11.3 Å². The van der Waals surface area contributed by atoms with Gasteiger partial charge in [0, 0.05) is 20.2 Å². The summed E-state index contributed by atoms with van der Waals surface area (Å²) in [4.78, 5) is 4.31. The molecule has 0 spiro atoms. The summed E-state index contributed by atoms with van der Waals surface area (Å²) in [5, 5.41) is 3.27. The lowest BCUT2D eigenvalue weighted by atomic mass is 10.3. The SMILES string of the molecule is COC(C)CNCc1cccc(Br)n1. The van der Waals surface area contributed by atoms with Crippen LogP contribution in [-0.4, -0.2) is 24.7 Å². The summed E-state index contributed by atoms with van der Waals surface area (Å²) < 4.78 is 5.99. The molecule has 14 heavy (non-hydrogen) atoms. The minimum atomic E-state index is 0.238. The third-order valence-electron chi connectivity index (χ3n) is 1.91. The Labute approximate surface area is 93.0 Å². The van der Waals surface area contributed by atoms with Crippen molar-refractivity contribution in [2.75, 3.05) is 13.7 Å². The van der Waals surface area contributed by atoms with Crippen molar-refractivity contribution >= 4 is 15.9 Å². The summed E-state index contributed by atoms with van der Waals surface area (Å²) in [6.45, 7) is 3.64. The lowest BCUT2D eigenvalue weighted by Crippen LogP contribution is -2.25. The van der Waals surface area contributed by atoms with Crippen molar-refractivity contribution in [3.8, 4) is 0 Å². The highest BCUT2D eigenvalue weighted by Gasteiger charge is 1.99. The zero-order chi connectivity index (χ0) is 10.4. The van der Waals surface area contributed by atoms with Crippen molar-refractivity contribution in [1.82, 2.24) is 10.3 Å². The molecule has 0 bridgehead atoms. The van der Waals surface area contributed by atoms with Crippen molar-refractivity contribution in [2.24, 2.45) is 0 Å². The van der Waals surface area contributed by atoms with Gasteiger partial charge >= 0.3 is 0 Å². The fourth-order valence-corrected chi connectivity index (χ4v) is 1.42. The van der Waals surface area contributed by atoms with Crippen molar-refractivity contribution in [3.05, 3.63) is 28.5 Å². The molecular weight excluding hydrogens is 244 g/mol. The van der Waals surface area contributed by atoms with Crippen LogP contribution in [0.1, 0.15) is 12.6 Å². The van der Waals surface area contributed by atoms with Crippen LogP contribution in [0.3, 0.4) is 0 Å². The van der Waals surface area contributed by atoms with E-state index in [1.54, 1.807) is 7.11 Å². The molecule has 0 saturated heterocycles. The van der Waals surface area contributed by atoms with Gasteiger partial charge in [-0.1, -0.05) is 6.07 Å². The highest BCUT2D eigenvalue weighted by Crippen LogP contribution is 2.05. The number of nitrogens with zero attached hydrogens (tertiary/aromatic N) is 1. The number of aromatic nitrogens is 1. The molecule has 1 atom stereocenters. The molecule has 0 amide bonds. The molecule has 1 aromatic heterocycles. The monoisotopic (exact) mass is 258 g/mol.